The molecule has 1 aromatic heterocycles. The number of pyridine rings is 1. The molecule has 1 aromatic carbocycles. The number of Topliss-reactive ketones (excluding diaryl/α,β-unsaturated/α-hetero) is 1. The molecule has 7 nitrogen and oxygen atoms in total. The van der Waals surface area contributed by atoms with Crippen LogP contribution >= 0.6 is 0 Å². The second-order valence-electron chi connectivity index (χ2n) is 9.53. The van der Waals surface area contributed by atoms with Gasteiger partial charge >= 0.3 is 6.16 Å². The number of hydrogen-bond acceptors (Lipinski definition) is 6. The number of methoxy groups -OCH3 is 1. The lowest BCUT2D eigenvalue weighted by Gasteiger charge is -2.44. The van der Waals surface area contributed by atoms with E-state index in [4.69, 9.17) is 9.47 Å². The van der Waals surface area contributed by atoms with E-state index in [1.54, 1.807) is 36.4 Å². The molecule has 0 N–H and O–H groups in total. The van der Waals surface area contributed by atoms with Crippen molar-refractivity contribution in [3.05, 3.63) is 70.2 Å². The molecular formula is C29H30N2O5. The maximum atomic E-state index is 13.7. The normalized spacial score (nSPS) is 16.9. The number of allylic oxidation sites excluding steroid dienone is 2. The highest BCUT2D eigenvalue weighted by molar-refractivity contribution is 6.23. The van der Waals surface area contributed by atoms with Crippen molar-refractivity contribution >= 4 is 23.4 Å². The van der Waals surface area contributed by atoms with Crippen molar-refractivity contribution in [1.29, 1.82) is 0 Å². The predicted molar refractivity (Wildman–Crippen MR) is 135 cm³/mol. The van der Waals surface area contributed by atoms with E-state index >= 15 is 0 Å². The van der Waals surface area contributed by atoms with Crippen molar-refractivity contribution in [1.82, 2.24) is 9.88 Å². The number of aromatic nitrogens is 1. The summed E-state index contributed by atoms with van der Waals surface area (Å²) in [5, 5.41) is 0. The summed E-state index contributed by atoms with van der Waals surface area (Å²) in [7, 11) is 1.25. The van der Waals surface area contributed by atoms with Gasteiger partial charge in [0, 0.05) is 43.9 Å². The Kier molecular flexibility index (Phi) is 7.25. The Labute approximate surface area is 211 Å². The minimum Gasteiger partial charge on any atom is -0.437 e. The van der Waals surface area contributed by atoms with Gasteiger partial charge in [-0.15, -0.1) is 5.92 Å². The molecule has 2 aromatic rings. The lowest BCUT2D eigenvalue weighted by Crippen LogP contribution is -2.45. The third-order valence-corrected chi connectivity index (χ3v) is 7.07. The minimum atomic E-state index is -0.847. The van der Waals surface area contributed by atoms with Crippen LogP contribution in [0.5, 0.6) is 0 Å². The Balaban J connectivity index is 1.65. The predicted octanol–water partition coefficient (Wildman–Crippen LogP) is 4.85. The number of amides is 1. The Morgan fingerprint density at radius 3 is 2.39 bits per heavy atom. The van der Waals surface area contributed by atoms with Gasteiger partial charge in [0.2, 0.25) is 0 Å². The molecule has 0 unspecified atom stereocenters. The first kappa shape index (κ1) is 25.2. The van der Waals surface area contributed by atoms with Crippen molar-refractivity contribution in [3.8, 4) is 11.8 Å². The number of ketones is 1. The molecule has 2 aliphatic rings. The molecule has 1 aliphatic carbocycles. The molecule has 7 heteroatoms. The zero-order chi connectivity index (χ0) is 25.9. The van der Waals surface area contributed by atoms with Gasteiger partial charge in [0.15, 0.2) is 5.78 Å². The number of hydrogen-bond donors (Lipinski definition) is 0. The summed E-state index contributed by atoms with van der Waals surface area (Å²) < 4.78 is 10.4. The fourth-order valence-electron chi connectivity index (χ4n) is 5.37. The van der Waals surface area contributed by atoms with Crippen LogP contribution in [0.2, 0.25) is 0 Å². The topological polar surface area (TPSA) is 85.8 Å². The third-order valence-electron chi connectivity index (χ3n) is 7.07. The van der Waals surface area contributed by atoms with Crippen LogP contribution in [-0.2, 0) is 14.3 Å². The summed E-state index contributed by atoms with van der Waals surface area (Å²) in [6.45, 7) is 6.69. The summed E-state index contributed by atoms with van der Waals surface area (Å²) in [5.41, 5.74) is 4.05. The van der Waals surface area contributed by atoms with Crippen LogP contribution in [-0.4, -0.2) is 47.9 Å². The first-order chi connectivity index (χ1) is 17.3. The van der Waals surface area contributed by atoms with E-state index in [0.717, 1.165) is 22.3 Å². The summed E-state index contributed by atoms with van der Waals surface area (Å²) in [5.74, 6) is 6.18. The van der Waals surface area contributed by atoms with Gasteiger partial charge in [-0.2, -0.15) is 0 Å². The van der Waals surface area contributed by atoms with Crippen LogP contribution in [0.25, 0.3) is 5.57 Å². The molecule has 1 aliphatic heterocycles. The van der Waals surface area contributed by atoms with Crippen molar-refractivity contribution in [2.75, 3.05) is 20.2 Å². The number of piperidine rings is 1. The van der Waals surface area contributed by atoms with Gasteiger partial charge in [0.05, 0.1) is 18.2 Å². The third kappa shape index (κ3) is 5.03. The van der Waals surface area contributed by atoms with Crippen molar-refractivity contribution < 1.29 is 23.9 Å². The van der Waals surface area contributed by atoms with Crippen molar-refractivity contribution in [2.45, 2.75) is 46.5 Å². The lowest BCUT2D eigenvalue weighted by molar-refractivity contribution is -0.117. The lowest BCUT2D eigenvalue weighted by atomic mass is 9.66. The zero-order valence-corrected chi connectivity index (χ0v) is 21.1. The number of likely N-dealkylation sites (tertiary alicyclic amines) is 1. The minimum absolute atomic E-state index is 0.0623. The number of rotatable bonds is 3. The maximum Gasteiger partial charge on any atom is 0.513 e. The van der Waals surface area contributed by atoms with Crippen molar-refractivity contribution in [3.63, 3.8) is 0 Å². The van der Waals surface area contributed by atoms with E-state index < -0.39 is 6.16 Å². The quantitative estimate of drug-likeness (QED) is 0.455. The highest BCUT2D eigenvalue weighted by Gasteiger charge is 2.45. The maximum absolute atomic E-state index is 13.7. The number of aryl methyl sites for hydroxylation is 2. The summed E-state index contributed by atoms with van der Waals surface area (Å²) in [6.07, 6.45) is 4.38. The first-order valence-corrected chi connectivity index (χ1v) is 12.0. The standard InChI is InChI=1S/C29H30N2O5/c1-5-7-21-14-19(2)25(20(3)15-21)26-23(32)16-29(17-24(26)36-28(34)35-4)9-12-31(13-10-29)27(33)22-8-6-11-30-18-22/h6,8,11,14-15,18H,9-10,12-13,16-17H2,1-4H3. The molecule has 186 valence electrons. The Morgan fingerprint density at radius 1 is 1.11 bits per heavy atom. The number of benzene rings is 1. The highest BCUT2D eigenvalue weighted by atomic mass is 16.7. The molecular weight excluding hydrogens is 456 g/mol. The van der Waals surface area contributed by atoms with E-state index in [1.807, 2.05) is 26.0 Å². The van der Waals surface area contributed by atoms with Gasteiger partial charge in [-0.05, 0) is 80.0 Å². The monoisotopic (exact) mass is 486 g/mol. The second kappa shape index (κ2) is 10.4. The van der Waals surface area contributed by atoms with E-state index in [9.17, 15) is 14.4 Å². The van der Waals surface area contributed by atoms with Gasteiger partial charge in [-0.1, -0.05) is 5.92 Å². The molecule has 0 bridgehead atoms. The van der Waals surface area contributed by atoms with Crippen LogP contribution in [0.15, 0.2) is 42.4 Å². The van der Waals surface area contributed by atoms with E-state index in [0.29, 0.717) is 55.7 Å². The molecule has 2 heterocycles. The van der Waals surface area contributed by atoms with Crippen LogP contribution < -0.4 is 0 Å². The molecule has 4 rings (SSSR count). The molecule has 0 radical (unpaired) electrons. The zero-order valence-electron chi connectivity index (χ0n) is 21.1. The summed E-state index contributed by atoms with van der Waals surface area (Å²) in [6, 6.07) is 7.39. The van der Waals surface area contributed by atoms with E-state index in [1.165, 1.54) is 7.11 Å². The van der Waals surface area contributed by atoms with Gasteiger partial charge in [-0.25, -0.2) is 4.79 Å². The van der Waals surface area contributed by atoms with Crippen LogP contribution in [0.3, 0.4) is 0 Å². The van der Waals surface area contributed by atoms with E-state index in [-0.39, 0.29) is 17.1 Å². The highest BCUT2D eigenvalue weighted by Crippen LogP contribution is 2.48. The summed E-state index contributed by atoms with van der Waals surface area (Å²) in [4.78, 5) is 44.6. The molecule has 1 spiro atoms. The van der Waals surface area contributed by atoms with Gasteiger partial charge in [-0.3, -0.25) is 14.6 Å². The second-order valence-corrected chi connectivity index (χ2v) is 9.53. The largest absolute Gasteiger partial charge is 0.513 e. The number of ether oxygens (including phenoxy) is 2. The molecule has 36 heavy (non-hydrogen) atoms. The smallest absolute Gasteiger partial charge is 0.437 e. The molecule has 0 atom stereocenters. The van der Waals surface area contributed by atoms with Crippen LogP contribution in [0, 0.1) is 31.1 Å². The van der Waals surface area contributed by atoms with Crippen LogP contribution in [0.1, 0.15) is 65.2 Å². The number of carbonyl (C=O) groups excluding carboxylic acids is 3. The molecule has 1 fully saturated rings. The van der Waals surface area contributed by atoms with Gasteiger partial charge in [0.25, 0.3) is 5.91 Å². The van der Waals surface area contributed by atoms with Crippen molar-refractivity contribution in [2.24, 2.45) is 5.41 Å². The Morgan fingerprint density at radius 2 is 1.81 bits per heavy atom. The molecule has 1 saturated heterocycles. The van der Waals surface area contributed by atoms with E-state index in [2.05, 4.69) is 16.8 Å². The number of nitrogens with zero attached hydrogens (tertiary/aromatic N) is 2. The summed E-state index contributed by atoms with van der Waals surface area (Å²) >= 11 is 0. The van der Waals surface area contributed by atoms with Gasteiger partial charge in [0.1, 0.15) is 5.76 Å². The fourth-order valence-corrected chi connectivity index (χ4v) is 5.37. The average molecular weight is 487 g/mol. The van der Waals surface area contributed by atoms with Gasteiger partial charge < -0.3 is 14.4 Å². The Bertz CT molecular complexity index is 1270. The van der Waals surface area contributed by atoms with Crippen LogP contribution in [0.4, 0.5) is 4.79 Å². The SMILES string of the molecule is CC#Cc1cc(C)c(C2=C(OC(=O)OC)CC3(CCN(C(=O)c4cccnc4)CC3)CC2=O)c(C)c1. The molecule has 0 saturated carbocycles. The fraction of sp³-hybridized carbons (Fsp3) is 0.379. The first-order valence-electron chi connectivity index (χ1n) is 12.0. The molecule has 1 amide bonds. The average Bonchev–Trinajstić information content (AvgIpc) is 2.86. The Hall–Kier alpha value is -3.92. The number of carbonyl (C=O) groups is 3.